The maximum Gasteiger partial charge on any atom is 0.256 e. The zero-order chi connectivity index (χ0) is 25.9. The lowest BCUT2D eigenvalue weighted by Crippen LogP contribution is -2.54. The summed E-state index contributed by atoms with van der Waals surface area (Å²) in [4.78, 5) is 28.5. The Balaban J connectivity index is 1.28. The minimum Gasteiger partial charge on any atom is -0.346 e. The summed E-state index contributed by atoms with van der Waals surface area (Å²) in [6.45, 7) is 4.02. The van der Waals surface area contributed by atoms with Crippen LogP contribution in [0.5, 0.6) is 0 Å². The fraction of sp³-hybridized carbons (Fsp3) is 0.308. The third-order valence-corrected chi connectivity index (χ3v) is 6.76. The molecular formula is C26H24FN9O. The van der Waals surface area contributed by atoms with Crippen molar-refractivity contribution in [1.29, 1.82) is 10.5 Å². The number of hydrogen-bond acceptors (Lipinski definition) is 7. The molecule has 0 spiro atoms. The number of aromatic amines is 1. The lowest BCUT2D eigenvalue weighted by atomic mass is 10.1. The van der Waals surface area contributed by atoms with Gasteiger partial charge in [-0.2, -0.15) is 15.6 Å². The zero-order valence-corrected chi connectivity index (χ0v) is 20.2. The SMILES string of the molecule is CC1CN(C(=O)c2ccc(C#N)cc2F)CCN1CC(CC#N)n1cc(-c2ncnc3[nH]ccc23)cn1. The van der Waals surface area contributed by atoms with Crippen molar-refractivity contribution < 1.29 is 9.18 Å². The first-order valence-electron chi connectivity index (χ1n) is 11.9. The van der Waals surface area contributed by atoms with Crippen LogP contribution in [0.4, 0.5) is 4.39 Å². The van der Waals surface area contributed by atoms with Crippen LogP contribution in [0.25, 0.3) is 22.3 Å². The van der Waals surface area contributed by atoms with Crippen LogP contribution in [0.15, 0.2) is 49.2 Å². The molecule has 4 aromatic rings. The Hall–Kier alpha value is -4.61. The third kappa shape index (κ3) is 4.77. The van der Waals surface area contributed by atoms with Crippen LogP contribution in [-0.2, 0) is 0 Å². The number of carbonyl (C=O) groups is 1. The van der Waals surface area contributed by atoms with Crippen LogP contribution in [0.1, 0.15) is 35.3 Å². The Morgan fingerprint density at radius 3 is 2.89 bits per heavy atom. The molecule has 4 heterocycles. The minimum atomic E-state index is -0.691. The van der Waals surface area contributed by atoms with E-state index in [0.29, 0.717) is 26.2 Å². The van der Waals surface area contributed by atoms with E-state index < -0.39 is 5.82 Å². The van der Waals surface area contributed by atoms with Crippen molar-refractivity contribution in [1.82, 2.24) is 34.5 Å². The van der Waals surface area contributed by atoms with Crippen molar-refractivity contribution in [3.8, 4) is 23.4 Å². The third-order valence-electron chi connectivity index (χ3n) is 6.76. The lowest BCUT2D eigenvalue weighted by molar-refractivity contribution is 0.0470. The number of benzene rings is 1. The molecule has 1 N–H and O–H groups in total. The van der Waals surface area contributed by atoms with E-state index in [1.165, 1.54) is 18.5 Å². The number of aromatic nitrogens is 5. The van der Waals surface area contributed by atoms with Gasteiger partial charge in [0.25, 0.3) is 5.91 Å². The molecule has 11 heteroatoms. The molecule has 0 bridgehead atoms. The molecule has 3 aromatic heterocycles. The number of nitrogens with zero attached hydrogens (tertiary/aromatic N) is 8. The molecule has 10 nitrogen and oxygen atoms in total. The molecule has 1 fully saturated rings. The molecule has 0 saturated carbocycles. The van der Waals surface area contributed by atoms with Crippen LogP contribution in [-0.4, -0.2) is 72.7 Å². The van der Waals surface area contributed by atoms with E-state index in [2.05, 4.69) is 31.0 Å². The minimum absolute atomic E-state index is 0.00304. The lowest BCUT2D eigenvalue weighted by Gasteiger charge is -2.41. The quantitative estimate of drug-likeness (QED) is 0.433. The van der Waals surface area contributed by atoms with Gasteiger partial charge in [-0.15, -0.1) is 0 Å². The van der Waals surface area contributed by atoms with Gasteiger partial charge in [0.15, 0.2) is 0 Å². The molecule has 1 aliphatic rings. The number of hydrogen-bond donors (Lipinski definition) is 1. The van der Waals surface area contributed by atoms with Crippen molar-refractivity contribution in [3.63, 3.8) is 0 Å². The Morgan fingerprint density at radius 1 is 1.27 bits per heavy atom. The smallest absolute Gasteiger partial charge is 0.256 e. The van der Waals surface area contributed by atoms with Crippen molar-refractivity contribution in [2.75, 3.05) is 26.2 Å². The topological polar surface area (TPSA) is 131 Å². The van der Waals surface area contributed by atoms with E-state index in [4.69, 9.17) is 5.26 Å². The van der Waals surface area contributed by atoms with Gasteiger partial charge in [0.1, 0.15) is 17.8 Å². The molecule has 0 radical (unpaired) electrons. The number of piperazine rings is 1. The predicted molar refractivity (Wildman–Crippen MR) is 132 cm³/mol. The average molecular weight is 498 g/mol. The van der Waals surface area contributed by atoms with E-state index in [1.54, 1.807) is 15.8 Å². The highest BCUT2D eigenvalue weighted by atomic mass is 19.1. The van der Waals surface area contributed by atoms with Gasteiger partial charge in [0.2, 0.25) is 0 Å². The van der Waals surface area contributed by atoms with Crippen LogP contribution in [0.3, 0.4) is 0 Å². The summed E-state index contributed by atoms with van der Waals surface area (Å²) < 4.78 is 16.2. The van der Waals surface area contributed by atoms with E-state index in [-0.39, 0.29) is 35.5 Å². The molecule has 5 rings (SSSR count). The molecule has 0 aliphatic carbocycles. The molecular weight excluding hydrogens is 473 g/mol. The summed E-state index contributed by atoms with van der Waals surface area (Å²) in [5, 5.41) is 23.9. The van der Waals surface area contributed by atoms with Gasteiger partial charge in [-0.05, 0) is 31.2 Å². The first kappa shape index (κ1) is 24.1. The largest absolute Gasteiger partial charge is 0.346 e. The number of carbonyl (C=O) groups excluding carboxylic acids is 1. The van der Waals surface area contributed by atoms with Gasteiger partial charge < -0.3 is 9.88 Å². The summed E-state index contributed by atoms with van der Waals surface area (Å²) in [5.74, 6) is -1.08. The standard InChI is InChI=1S/C26H24FN9O/c1-17-13-35(26(37)21-3-2-18(11-29)10-23(21)27)9-8-34(17)15-20(4-6-28)36-14-19(12-33-36)24-22-5-7-30-25(22)32-16-31-24/h2-3,5,7,10,12,14,16-17,20H,4,8-9,13,15H2,1H3,(H,30,31,32). The monoisotopic (exact) mass is 497 g/mol. The van der Waals surface area contributed by atoms with E-state index in [0.717, 1.165) is 28.4 Å². The number of halogens is 1. The maximum atomic E-state index is 14.4. The second-order valence-corrected chi connectivity index (χ2v) is 9.09. The number of nitriles is 2. The Kier molecular flexibility index (Phi) is 6.62. The van der Waals surface area contributed by atoms with Crippen LogP contribution in [0.2, 0.25) is 0 Å². The number of fused-ring (bicyclic) bond motifs is 1. The van der Waals surface area contributed by atoms with Gasteiger partial charge in [0, 0.05) is 55.6 Å². The van der Waals surface area contributed by atoms with Crippen molar-refractivity contribution in [3.05, 3.63) is 66.1 Å². The molecule has 186 valence electrons. The number of H-pyrrole nitrogens is 1. The summed E-state index contributed by atoms with van der Waals surface area (Å²) >= 11 is 0. The summed E-state index contributed by atoms with van der Waals surface area (Å²) in [6, 6.07) is 9.76. The van der Waals surface area contributed by atoms with Gasteiger partial charge in [-0.3, -0.25) is 14.4 Å². The van der Waals surface area contributed by atoms with E-state index in [1.807, 2.05) is 31.5 Å². The predicted octanol–water partition coefficient (Wildman–Crippen LogP) is 3.13. The second-order valence-electron chi connectivity index (χ2n) is 9.09. The Bertz CT molecular complexity index is 1530. The van der Waals surface area contributed by atoms with Crippen LogP contribution < -0.4 is 0 Å². The number of amides is 1. The Labute approximate surface area is 212 Å². The molecule has 37 heavy (non-hydrogen) atoms. The van der Waals surface area contributed by atoms with Gasteiger partial charge in [0.05, 0.1) is 47.6 Å². The molecule has 1 saturated heterocycles. The molecule has 1 amide bonds. The highest BCUT2D eigenvalue weighted by Gasteiger charge is 2.30. The van der Waals surface area contributed by atoms with Crippen LogP contribution >= 0.6 is 0 Å². The van der Waals surface area contributed by atoms with Gasteiger partial charge in [-0.1, -0.05) is 0 Å². The molecule has 2 atom stereocenters. The second kappa shape index (κ2) is 10.2. The fourth-order valence-electron chi connectivity index (χ4n) is 4.76. The highest BCUT2D eigenvalue weighted by Crippen LogP contribution is 2.26. The normalized spacial score (nSPS) is 16.9. The van der Waals surface area contributed by atoms with Crippen molar-refractivity contribution >= 4 is 16.9 Å². The average Bonchev–Trinajstić information content (AvgIpc) is 3.59. The molecule has 2 unspecified atom stereocenters. The van der Waals surface area contributed by atoms with E-state index in [9.17, 15) is 14.4 Å². The first-order chi connectivity index (χ1) is 18.0. The first-order valence-corrected chi connectivity index (χ1v) is 11.9. The highest BCUT2D eigenvalue weighted by molar-refractivity contribution is 5.94. The van der Waals surface area contributed by atoms with Crippen molar-refractivity contribution in [2.45, 2.75) is 25.4 Å². The summed E-state index contributed by atoms with van der Waals surface area (Å²) in [6.07, 6.45) is 7.23. The van der Waals surface area contributed by atoms with Crippen molar-refractivity contribution in [2.24, 2.45) is 0 Å². The Morgan fingerprint density at radius 2 is 2.14 bits per heavy atom. The van der Waals surface area contributed by atoms with Crippen LogP contribution in [0, 0.1) is 28.5 Å². The maximum absolute atomic E-state index is 14.4. The van der Waals surface area contributed by atoms with E-state index >= 15 is 0 Å². The molecule has 1 aliphatic heterocycles. The number of nitrogens with one attached hydrogen (secondary N) is 1. The molecule has 1 aromatic carbocycles. The zero-order valence-electron chi connectivity index (χ0n) is 20.2. The number of rotatable bonds is 6. The summed E-state index contributed by atoms with van der Waals surface area (Å²) in [5.41, 5.74) is 2.49. The fourth-order valence-corrected chi connectivity index (χ4v) is 4.76. The summed E-state index contributed by atoms with van der Waals surface area (Å²) in [7, 11) is 0. The van der Waals surface area contributed by atoms with Gasteiger partial charge in [-0.25, -0.2) is 14.4 Å². The van der Waals surface area contributed by atoms with Gasteiger partial charge >= 0.3 is 0 Å².